The minimum Gasteiger partial charge on any atom is -0.333 e. The van der Waals surface area contributed by atoms with Gasteiger partial charge in [-0.2, -0.15) is 0 Å². The molecule has 0 amide bonds. The van der Waals surface area contributed by atoms with Gasteiger partial charge in [0.15, 0.2) is 0 Å². The lowest BCUT2D eigenvalue weighted by Gasteiger charge is -2.09. The number of rotatable bonds is 8. The van der Waals surface area contributed by atoms with Crippen LogP contribution in [0.2, 0.25) is 0 Å². The van der Waals surface area contributed by atoms with Crippen molar-refractivity contribution < 1.29 is 8.42 Å². The molecule has 0 atom stereocenters. The molecule has 18 heavy (non-hydrogen) atoms. The highest BCUT2D eigenvalue weighted by Gasteiger charge is 2.27. The first-order chi connectivity index (χ1) is 8.62. The molecule has 0 aliphatic heterocycles. The lowest BCUT2D eigenvalue weighted by Crippen LogP contribution is -2.29. The minimum absolute atomic E-state index is 0.225. The highest BCUT2D eigenvalue weighted by molar-refractivity contribution is 7.89. The van der Waals surface area contributed by atoms with Gasteiger partial charge in [0.1, 0.15) is 5.82 Å². The fourth-order valence-corrected chi connectivity index (χ4v) is 3.15. The molecule has 1 heterocycles. The standard InChI is InChI=1S/C12H21N3O2S/c1-2-3-10-18(16,17)14-7-9-15-8-6-13-12(15)11-4-5-11/h6,8,11,14H,2-5,7,9-10H2,1H3. The van der Waals surface area contributed by atoms with Gasteiger partial charge in [0, 0.05) is 31.4 Å². The predicted molar refractivity (Wildman–Crippen MR) is 70.9 cm³/mol. The summed E-state index contributed by atoms with van der Waals surface area (Å²) in [6, 6.07) is 0. The van der Waals surface area contributed by atoms with Gasteiger partial charge < -0.3 is 4.57 Å². The number of nitrogens with one attached hydrogen (secondary N) is 1. The summed E-state index contributed by atoms with van der Waals surface area (Å²) in [5.74, 6) is 1.92. The zero-order valence-corrected chi connectivity index (χ0v) is 11.6. The zero-order valence-electron chi connectivity index (χ0n) is 10.8. The average Bonchev–Trinajstić information content (AvgIpc) is 3.07. The van der Waals surface area contributed by atoms with Crippen molar-refractivity contribution in [1.29, 1.82) is 0 Å². The van der Waals surface area contributed by atoms with Crippen LogP contribution in [0.25, 0.3) is 0 Å². The molecule has 0 saturated heterocycles. The Hall–Kier alpha value is -0.880. The maximum absolute atomic E-state index is 11.6. The number of unbranched alkanes of at least 4 members (excludes halogenated alkanes) is 1. The van der Waals surface area contributed by atoms with Crippen LogP contribution in [0.3, 0.4) is 0 Å². The molecule has 1 fully saturated rings. The van der Waals surface area contributed by atoms with E-state index < -0.39 is 10.0 Å². The van der Waals surface area contributed by atoms with E-state index in [4.69, 9.17) is 0 Å². The van der Waals surface area contributed by atoms with Crippen LogP contribution in [-0.2, 0) is 16.6 Å². The van der Waals surface area contributed by atoms with Crippen molar-refractivity contribution in [3.63, 3.8) is 0 Å². The molecule has 1 aromatic heterocycles. The fraction of sp³-hybridized carbons (Fsp3) is 0.750. The van der Waals surface area contributed by atoms with Gasteiger partial charge in [-0.15, -0.1) is 0 Å². The summed E-state index contributed by atoms with van der Waals surface area (Å²) in [6.45, 7) is 3.10. The lowest BCUT2D eigenvalue weighted by atomic mass is 10.4. The monoisotopic (exact) mass is 271 g/mol. The van der Waals surface area contributed by atoms with Crippen molar-refractivity contribution in [1.82, 2.24) is 14.3 Å². The normalized spacial score (nSPS) is 16.1. The van der Waals surface area contributed by atoms with Crippen LogP contribution in [0, 0.1) is 0 Å². The number of aromatic nitrogens is 2. The van der Waals surface area contributed by atoms with Gasteiger partial charge in [0.2, 0.25) is 10.0 Å². The Balaban J connectivity index is 1.79. The van der Waals surface area contributed by atoms with Crippen LogP contribution in [0.15, 0.2) is 12.4 Å². The Morgan fingerprint density at radius 3 is 2.94 bits per heavy atom. The molecular weight excluding hydrogens is 250 g/mol. The van der Waals surface area contributed by atoms with Crippen molar-refractivity contribution in [2.45, 2.75) is 45.1 Å². The highest BCUT2D eigenvalue weighted by Crippen LogP contribution is 2.38. The van der Waals surface area contributed by atoms with Gasteiger partial charge in [-0.25, -0.2) is 18.1 Å². The minimum atomic E-state index is -3.10. The van der Waals surface area contributed by atoms with E-state index in [2.05, 4.69) is 14.3 Å². The summed E-state index contributed by atoms with van der Waals surface area (Å²) < 4.78 is 27.9. The third kappa shape index (κ3) is 3.81. The molecule has 0 spiro atoms. The first-order valence-electron chi connectivity index (χ1n) is 6.61. The second kappa shape index (κ2) is 5.84. The van der Waals surface area contributed by atoms with Gasteiger partial charge in [-0.05, 0) is 19.3 Å². The van der Waals surface area contributed by atoms with E-state index in [0.717, 1.165) is 12.2 Å². The molecular formula is C12H21N3O2S. The van der Waals surface area contributed by atoms with Gasteiger partial charge in [-0.1, -0.05) is 13.3 Å². The summed E-state index contributed by atoms with van der Waals surface area (Å²) in [4.78, 5) is 4.33. The van der Waals surface area contributed by atoms with Crippen LogP contribution in [0.5, 0.6) is 0 Å². The van der Waals surface area contributed by atoms with Crippen molar-refractivity contribution in [2.75, 3.05) is 12.3 Å². The van der Waals surface area contributed by atoms with Crippen molar-refractivity contribution in [3.8, 4) is 0 Å². The van der Waals surface area contributed by atoms with Crippen LogP contribution >= 0.6 is 0 Å². The molecule has 102 valence electrons. The van der Waals surface area contributed by atoms with Gasteiger partial charge in [0.05, 0.1) is 5.75 Å². The number of nitrogens with zero attached hydrogens (tertiary/aromatic N) is 2. The molecule has 1 N–H and O–H groups in total. The van der Waals surface area contributed by atoms with E-state index in [9.17, 15) is 8.42 Å². The Morgan fingerprint density at radius 1 is 1.50 bits per heavy atom. The maximum atomic E-state index is 11.6. The van der Waals surface area contributed by atoms with E-state index in [1.54, 1.807) is 6.20 Å². The lowest BCUT2D eigenvalue weighted by molar-refractivity contribution is 0.566. The van der Waals surface area contributed by atoms with Crippen LogP contribution in [-0.4, -0.2) is 30.3 Å². The topological polar surface area (TPSA) is 64.0 Å². The SMILES string of the molecule is CCCCS(=O)(=O)NCCn1ccnc1C1CC1. The third-order valence-corrected chi connectivity index (χ3v) is 4.60. The summed E-state index contributed by atoms with van der Waals surface area (Å²) in [5.41, 5.74) is 0. The fourth-order valence-electron chi connectivity index (χ4n) is 1.94. The maximum Gasteiger partial charge on any atom is 0.211 e. The Bertz CT molecular complexity index is 477. The molecule has 1 aromatic rings. The van der Waals surface area contributed by atoms with Crippen molar-refractivity contribution in [3.05, 3.63) is 18.2 Å². The molecule has 1 aliphatic carbocycles. The van der Waals surface area contributed by atoms with Gasteiger partial charge >= 0.3 is 0 Å². The molecule has 1 aliphatic rings. The summed E-state index contributed by atoms with van der Waals surface area (Å²) in [7, 11) is -3.10. The summed E-state index contributed by atoms with van der Waals surface area (Å²) >= 11 is 0. The smallest absolute Gasteiger partial charge is 0.211 e. The van der Waals surface area contributed by atoms with E-state index in [1.165, 1.54) is 12.8 Å². The van der Waals surface area contributed by atoms with E-state index >= 15 is 0 Å². The molecule has 1 saturated carbocycles. The second-order valence-corrected chi connectivity index (χ2v) is 6.75. The predicted octanol–water partition coefficient (Wildman–Crippen LogP) is 1.48. The largest absolute Gasteiger partial charge is 0.333 e. The molecule has 2 rings (SSSR count). The quantitative estimate of drug-likeness (QED) is 0.779. The second-order valence-electron chi connectivity index (χ2n) is 4.82. The first kappa shape index (κ1) is 13.5. The van der Waals surface area contributed by atoms with Crippen LogP contribution < -0.4 is 4.72 Å². The average molecular weight is 271 g/mol. The van der Waals surface area contributed by atoms with Gasteiger partial charge in [0.25, 0.3) is 0 Å². The first-order valence-corrected chi connectivity index (χ1v) is 8.26. The Morgan fingerprint density at radius 2 is 2.28 bits per heavy atom. The van der Waals surface area contributed by atoms with Gasteiger partial charge in [-0.3, -0.25) is 0 Å². The van der Waals surface area contributed by atoms with Crippen molar-refractivity contribution in [2.24, 2.45) is 0 Å². The van der Waals surface area contributed by atoms with Crippen LogP contribution in [0.1, 0.15) is 44.3 Å². The van der Waals surface area contributed by atoms with Crippen molar-refractivity contribution >= 4 is 10.0 Å². The zero-order chi connectivity index (χ0) is 13.0. The molecule has 0 unspecified atom stereocenters. The number of hydrogen-bond acceptors (Lipinski definition) is 3. The van der Waals surface area contributed by atoms with E-state index in [0.29, 0.717) is 25.4 Å². The Kier molecular flexibility index (Phi) is 4.40. The third-order valence-electron chi connectivity index (χ3n) is 3.13. The van der Waals surface area contributed by atoms with Crippen LogP contribution in [0.4, 0.5) is 0 Å². The Labute approximate surface area is 109 Å². The molecule has 0 aromatic carbocycles. The van der Waals surface area contributed by atoms with E-state index in [-0.39, 0.29) is 5.75 Å². The summed E-state index contributed by atoms with van der Waals surface area (Å²) in [5, 5.41) is 0. The number of hydrogen-bond donors (Lipinski definition) is 1. The molecule has 6 heteroatoms. The highest BCUT2D eigenvalue weighted by atomic mass is 32.2. The van der Waals surface area contributed by atoms with E-state index in [1.807, 2.05) is 13.1 Å². The number of sulfonamides is 1. The molecule has 0 radical (unpaired) electrons. The molecule has 0 bridgehead atoms. The molecule has 5 nitrogen and oxygen atoms in total. The number of imidazole rings is 1. The summed E-state index contributed by atoms with van der Waals surface area (Å²) in [6.07, 6.45) is 7.74.